The van der Waals surface area contributed by atoms with Crippen molar-refractivity contribution < 1.29 is 4.74 Å². The third-order valence-electron chi connectivity index (χ3n) is 5.98. The summed E-state index contributed by atoms with van der Waals surface area (Å²) in [6.07, 6.45) is 9.00. The van der Waals surface area contributed by atoms with Gasteiger partial charge in [0.25, 0.3) is 0 Å². The highest BCUT2D eigenvalue weighted by molar-refractivity contribution is 8.13. The molecule has 0 bridgehead atoms. The Morgan fingerprint density at radius 2 is 1.89 bits per heavy atom. The van der Waals surface area contributed by atoms with Gasteiger partial charge in [0.05, 0.1) is 7.11 Å². The number of methoxy groups -OCH3 is 1. The smallest absolute Gasteiger partial charge is 0.183 e. The summed E-state index contributed by atoms with van der Waals surface area (Å²) in [4.78, 5) is 9.41. The minimum Gasteiger partial charge on any atom is -0.494 e. The van der Waals surface area contributed by atoms with Crippen molar-refractivity contribution in [2.75, 3.05) is 51.5 Å². The van der Waals surface area contributed by atoms with E-state index in [9.17, 15) is 0 Å². The average Bonchev–Trinajstić information content (AvgIpc) is 2.71. The van der Waals surface area contributed by atoms with E-state index in [1.165, 1.54) is 56.2 Å². The van der Waals surface area contributed by atoms with Gasteiger partial charge in [-0.25, -0.2) is 4.99 Å². The van der Waals surface area contributed by atoms with Gasteiger partial charge in [0.15, 0.2) is 11.4 Å². The average molecular weight is 388 g/mol. The normalized spacial score (nSPS) is 20.4. The van der Waals surface area contributed by atoms with E-state index in [1.54, 1.807) is 7.11 Å². The SMILES string of the molecule is COc1cc(N2CCC3(CCN(C)CC3)CC2)ccc1N=C(NC#N)SC. The fraction of sp³-hybridized carbons (Fsp3) is 0.600. The summed E-state index contributed by atoms with van der Waals surface area (Å²) < 4.78 is 5.56. The van der Waals surface area contributed by atoms with Crippen LogP contribution in [0, 0.1) is 16.9 Å². The number of nitriles is 1. The van der Waals surface area contributed by atoms with Crippen molar-refractivity contribution in [3.8, 4) is 11.9 Å². The van der Waals surface area contributed by atoms with Crippen molar-refractivity contribution >= 4 is 28.3 Å². The van der Waals surface area contributed by atoms with Gasteiger partial charge in [0, 0.05) is 24.8 Å². The van der Waals surface area contributed by atoms with Crippen LogP contribution in [0.5, 0.6) is 5.75 Å². The van der Waals surface area contributed by atoms with Crippen molar-refractivity contribution in [1.82, 2.24) is 10.2 Å². The van der Waals surface area contributed by atoms with E-state index in [-0.39, 0.29) is 0 Å². The first-order valence-electron chi connectivity index (χ1n) is 9.48. The molecule has 146 valence electrons. The summed E-state index contributed by atoms with van der Waals surface area (Å²) >= 11 is 1.40. The van der Waals surface area contributed by atoms with E-state index in [1.807, 2.05) is 18.5 Å². The van der Waals surface area contributed by atoms with E-state index in [0.29, 0.717) is 10.6 Å². The summed E-state index contributed by atoms with van der Waals surface area (Å²) in [5.41, 5.74) is 2.47. The molecule has 1 aromatic carbocycles. The number of likely N-dealkylation sites (tertiary alicyclic amines) is 1. The fourth-order valence-corrected chi connectivity index (χ4v) is 4.41. The summed E-state index contributed by atoms with van der Waals surface area (Å²) in [5.74, 6) is 0.735. The molecule has 2 saturated heterocycles. The Hall–Kier alpha value is -1.91. The van der Waals surface area contributed by atoms with Gasteiger partial charge in [0.2, 0.25) is 0 Å². The standard InChI is InChI=1S/C20H29N5OS/c1-24-10-6-20(7-11-24)8-12-25(13-9-20)16-4-5-17(18(14-16)26-2)23-19(27-3)22-15-21/h4-5,14H,6-13H2,1-3H3,(H,22,23). The molecule has 0 unspecified atom stereocenters. The largest absolute Gasteiger partial charge is 0.494 e. The van der Waals surface area contributed by atoms with Gasteiger partial charge in [-0.3, -0.25) is 5.32 Å². The number of thioether (sulfide) groups is 1. The van der Waals surface area contributed by atoms with E-state index in [4.69, 9.17) is 10.00 Å². The van der Waals surface area contributed by atoms with Crippen LogP contribution in [0.1, 0.15) is 25.7 Å². The topological polar surface area (TPSA) is 63.9 Å². The van der Waals surface area contributed by atoms with Gasteiger partial charge in [0.1, 0.15) is 11.4 Å². The molecule has 0 amide bonds. The van der Waals surface area contributed by atoms with Crippen LogP contribution < -0.4 is 15.0 Å². The molecule has 7 heteroatoms. The van der Waals surface area contributed by atoms with Crippen LogP contribution in [0.4, 0.5) is 11.4 Å². The zero-order valence-electron chi connectivity index (χ0n) is 16.5. The first-order valence-corrected chi connectivity index (χ1v) is 10.7. The number of anilines is 1. The highest BCUT2D eigenvalue weighted by Crippen LogP contribution is 2.42. The lowest BCUT2D eigenvalue weighted by atomic mass is 9.71. The number of ether oxygens (including phenoxy) is 1. The molecular weight excluding hydrogens is 358 g/mol. The summed E-state index contributed by atoms with van der Waals surface area (Å²) in [5, 5.41) is 12.0. The lowest BCUT2D eigenvalue weighted by molar-refractivity contribution is 0.0945. The van der Waals surface area contributed by atoms with Gasteiger partial charge in [-0.15, -0.1) is 0 Å². The highest BCUT2D eigenvalue weighted by atomic mass is 32.2. The Kier molecular flexibility index (Phi) is 6.51. The van der Waals surface area contributed by atoms with Gasteiger partial charge in [-0.05, 0) is 69.6 Å². The molecule has 0 aliphatic carbocycles. The third kappa shape index (κ3) is 4.69. The van der Waals surface area contributed by atoms with Gasteiger partial charge < -0.3 is 14.5 Å². The molecule has 0 radical (unpaired) electrons. The number of nitrogens with zero attached hydrogens (tertiary/aromatic N) is 4. The van der Waals surface area contributed by atoms with Crippen LogP contribution in [-0.2, 0) is 0 Å². The maximum Gasteiger partial charge on any atom is 0.183 e. The zero-order valence-corrected chi connectivity index (χ0v) is 17.3. The molecule has 6 nitrogen and oxygen atoms in total. The lowest BCUT2D eigenvalue weighted by Crippen LogP contribution is -2.46. The molecule has 0 saturated carbocycles. The first-order chi connectivity index (χ1) is 13.1. The van der Waals surface area contributed by atoms with Gasteiger partial charge in [-0.1, -0.05) is 11.8 Å². The third-order valence-corrected chi connectivity index (χ3v) is 6.56. The van der Waals surface area contributed by atoms with Crippen LogP contribution in [0.25, 0.3) is 0 Å². The molecule has 27 heavy (non-hydrogen) atoms. The number of amidine groups is 1. The Morgan fingerprint density at radius 1 is 1.22 bits per heavy atom. The molecule has 3 rings (SSSR count). The number of nitrogens with one attached hydrogen (secondary N) is 1. The number of aliphatic imine (C=N–C) groups is 1. The molecule has 2 aliphatic rings. The number of piperidine rings is 2. The molecule has 2 heterocycles. The number of hydrogen-bond donors (Lipinski definition) is 1. The molecule has 1 spiro atoms. The number of benzene rings is 1. The van der Waals surface area contributed by atoms with Crippen LogP contribution >= 0.6 is 11.8 Å². The van der Waals surface area contributed by atoms with E-state index < -0.39 is 0 Å². The summed E-state index contributed by atoms with van der Waals surface area (Å²) in [6, 6.07) is 6.15. The van der Waals surface area contributed by atoms with E-state index >= 15 is 0 Å². The van der Waals surface area contributed by atoms with Crippen LogP contribution in [0.15, 0.2) is 23.2 Å². The molecular formula is C20H29N5OS. The Labute approximate surface area is 166 Å². The maximum atomic E-state index is 8.81. The summed E-state index contributed by atoms with van der Waals surface area (Å²) in [7, 11) is 3.89. The van der Waals surface area contributed by atoms with Gasteiger partial charge >= 0.3 is 0 Å². The van der Waals surface area contributed by atoms with Crippen molar-refractivity contribution in [3.63, 3.8) is 0 Å². The lowest BCUT2D eigenvalue weighted by Gasteiger charge is -2.46. The molecule has 1 aromatic rings. The van der Waals surface area contributed by atoms with Gasteiger partial charge in [-0.2, -0.15) is 5.26 Å². The second-order valence-electron chi connectivity index (χ2n) is 7.50. The Balaban J connectivity index is 1.70. The van der Waals surface area contributed by atoms with E-state index in [2.05, 4.69) is 39.3 Å². The van der Waals surface area contributed by atoms with Crippen LogP contribution in [0.2, 0.25) is 0 Å². The maximum absolute atomic E-state index is 8.81. The summed E-state index contributed by atoms with van der Waals surface area (Å²) in [6.45, 7) is 4.66. The second-order valence-corrected chi connectivity index (χ2v) is 8.30. The Bertz CT molecular complexity index is 712. The first kappa shape index (κ1) is 19.8. The minimum atomic E-state index is 0.549. The number of rotatable bonds is 3. The molecule has 2 fully saturated rings. The monoisotopic (exact) mass is 387 g/mol. The van der Waals surface area contributed by atoms with Crippen molar-refractivity contribution in [1.29, 1.82) is 5.26 Å². The van der Waals surface area contributed by atoms with Crippen LogP contribution in [-0.4, -0.2) is 56.7 Å². The minimum absolute atomic E-state index is 0.549. The highest BCUT2D eigenvalue weighted by Gasteiger charge is 2.36. The molecule has 2 aliphatic heterocycles. The molecule has 0 atom stereocenters. The van der Waals surface area contributed by atoms with Crippen molar-refractivity contribution in [2.24, 2.45) is 10.4 Å². The number of hydrogen-bond acceptors (Lipinski definition) is 6. The molecule has 0 aromatic heterocycles. The quantitative estimate of drug-likeness (QED) is 0.371. The van der Waals surface area contributed by atoms with Crippen molar-refractivity contribution in [3.05, 3.63) is 18.2 Å². The molecule has 1 N–H and O–H groups in total. The predicted octanol–water partition coefficient (Wildman–Crippen LogP) is 3.43. The second kappa shape index (κ2) is 8.85. The Morgan fingerprint density at radius 3 is 2.48 bits per heavy atom. The predicted molar refractivity (Wildman–Crippen MR) is 113 cm³/mol. The van der Waals surface area contributed by atoms with E-state index in [0.717, 1.165) is 24.5 Å². The zero-order chi connectivity index (χ0) is 19.3. The van der Waals surface area contributed by atoms with Crippen LogP contribution in [0.3, 0.4) is 0 Å². The fourth-order valence-electron chi connectivity index (χ4n) is 4.07. The van der Waals surface area contributed by atoms with Crippen molar-refractivity contribution in [2.45, 2.75) is 25.7 Å².